The van der Waals surface area contributed by atoms with Gasteiger partial charge < -0.3 is 4.74 Å². The lowest BCUT2D eigenvalue weighted by Crippen LogP contribution is -2.21. The summed E-state index contributed by atoms with van der Waals surface area (Å²) in [6, 6.07) is 11.2. The molecule has 1 aromatic heterocycles. The fourth-order valence-corrected chi connectivity index (χ4v) is 3.63. The van der Waals surface area contributed by atoms with Crippen LogP contribution < -0.4 is 10.3 Å². The Morgan fingerprint density at radius 2 is 2.08 bits per heavy atom. The molecule has 0 amide bonds. The molecule has 1 heterocycles. The van der Waals surface area contributed by atoms with Crippen molar-refractivity contribution in [1.29, 1.82) is 0 Å². The van der Waals surface area contributed by atoms with E-state index in [0.29, 0.717) is 41.2 Å². The first-order valence-electron chi connectivity index (χ1n) is 7.59. The van der Waals surface area contributed by atoms with E-state index in [0.717, 1.165) is 10.0 Å². The van der Waals surface area contributed by atoms with Crippen molar-refractivity contribution in [1.82, 2.24) is 9.55 Å². The zero-order valence-electron chi connectivity index (χ0n) is 13.1. The Hall–Kier alpha value is -1.85. The van der Waals surface area contributed by atoms with Crippen molar-refractivity contribution in [2.45, 2.75) is 19.9 Å². The molecular formula is C18H16BrClN2O2. The SMILES string of the molecule is Cc1cc(Cl)c(OCCCn2cnc3ccccc3c2=O)c(Br)c1. The van der Waals surface area contributed by atoms with Crippen LogP contribution in [0.4, 0.5) is 0 Å². The van der Waals surface area contributed by atoms with Crippen LogP contribution in [0, 0.1) is 6.92 Å². The molecule has 4 nitrogen and oxygen atoms in total. The van der Waals surface area contributed by atoms with Gasteiger partial charge >= 0.3 is 0 Å². The molecule has 3 rings (SSSR count). The number of halogens is 2. The standard InChI is InChI=1S/C18H16BrClN2O2/c1-12-9-14(19)17(15(20)10-12)24-8-4-7-22-11-21-16-6-3-2-5-13(16)18(22)23/h2-3,5-6,9-11H,4,7-8H2,1H3. The molecule has 0 saturated carbocycles. The van der Waals surface area contributed by atoms with Gasteiger partial charge in [-0.25, -0.2) is 4.98 Å². The van der Waals surface area contributed by atoms with Crippen molar-refractivity contribution in [3.63, 3.8) is 0 Å². The molecule has 0 aliphatic heterocycles. The third kappa shape index (κ3) is 3.62. The largest absolute Gasteiger partial charge is 0.491 e. The van der Waals surface area contributed by atoms with Gasteiger partial charge in [0.1, 0.15) is 0 Å². The zero-order chi connectivity index (χ0) is 17.1. The van der Waals surface area contributed by atoms with E-state index in [9.17, 15) is 4.79 Å². The van der Waals surface area contributed by atoms with E-state index in [1.54, 1.807) is 17.0 Å². The summed E-state index contributed by atoms with van der Waals surface area (Å²) in [5, 5.41) is 1.21. The predicted octanol–water partition coefficient (Wildman–Crippen LogP) is 4.59. The summed E-state index contributed by atoms with van der Waals surface area (Å²) in [5.41, 5.74) is 1.74. The van der Waals surface area contributed by atoms with Gasteiger partial charge in [-0.2, -0.15) is 0 Å². The van der Waals surface area contributed by atoms with Crippen LogP contribution in [0.25, 0.3) is 10.9 Å². The summed E-state index contributed by atoms with van der Waals surface area (Å²) in [6.07, 6.45) is 2.26. The second kappa shape index (κ2) is 7.36. The molecule has 0 spiro atoms. The van der Waals surface area contributed by atoms with Crippen LogP contribution in [0.1, 0.15) is 12.0 Å². The monoisotopic (exact) mass is 406 g/mol. The molecule has 124 valence electrons. The molecule has 6 heteroatoms. The maximum absolute atomic E-state index is 12.4. The summed E-state index contributed by atoms with van der Waals surface area (Å²) >= 11 is 9.66. The highest BCUT2D eigenvalue weighted by Crippen LogP contribution is 2.34. The first-order chi connectivity index (χ1) is 11.6. The Labute approximate surface area is 153 Å². The summed E-state index contributed by atoms with van der Waals surface area (Å²) < 4.78 is 8.20. The van der Waals surface area contributed by atoms with Crippen molar-refractivity contribution in [2.75, 3.05) is 6.61 Å². The number of aromatic nitrogens is 2. The fourth-order valence-electron chi connectivity index (χ4n) is 2.50. The Morgan fingerprint density at radius 1 is 1.29 bits per heavy atom. The van der Waals surface area contributed by atoms with E-state index in [2.05, 4.69) is 20.9 Å². The minimum atomic E-state index is -0.0323. The molecule has 0 unspecified atom stereocenters. The Morgan fingerprint density at radius 3 is 2.88 bits per heavy atom. The quantitative estimate of drug-likeness (QED) is 0.581. The topological polar surface area (TPSA) is 44.1 Å². The minimum Gasteiger partial charge on any atom is -0.491 e. The van der Waals surface area contributed by atoms with Crippen LogP contribution in [-0.4, -0.2) is 16.2 Å². The lowest BCUT2D eigenvalue weighted by molar-refractivity contribution is 0.299. The van der Waals surface area contributed by atoms with Crippen LogP contribution in [0.2, 0.25) is 5.02 Å². The number of benzene rings is 2. The maximum atomic E-state index is 12.4. The van der Waals surface area contributed by atoms with Gasteiger partial charge in [0.15, 0.2) is 5.75 Å². The third-order valence-electron chi connectivity index (χ3n) is 3.66. The number of hydrogen-bond acceptors (Lipinski definition) is 3. The molecule has 0 saturated heterocycles. The number of rotatable bonds is 5. The summed E-state index contributed by atoms with van der Waals surface area (Å²) in [7, 11) is 0. The highest BCUT2D eigenvalue weighted by molar-refractivity contribution is 9.10. The highest BCUT2D eigenvalue weighted by atomic mass is 79.9. The third-order valence-corrected chi connectivity index (χ3v) is 4.53. The van der Waals surface area contributed by atoms with Crippen LogP contribution in [0.15, 0.2) is 52.0 Å². The highest BCUT2D eigenvalue weighted by Gasteiger charge is 2.08. The van der Waals surface area contributed by atoms with E-state index < -0.39 is 0 Å². The maximum Gasteiger partial charge on any atom is 0.261 e. The van der Waals surface area contributed by atoms with E-state index >= 15 is 0 Å². The predicted molar refractivity (Wildman–Crippen MR) is 100 cm³/mol. The van der Waals surface area contributed by atoms with Gasteiger partial charge in [-0.1, -0.05) is 23.7 Å². The smallest absolute Gasteiger partial charge is 0.261 e. The second-order valence-electron chi connectivity index (χ2n) is 5.52. The second-order valence-corrected chi connectivity index (χ2v) is 6.78. The molecule has 0 aliphatic carbocycles. The average molecular weight is 408 g/mol. The van der Waals surface area contributed by atoms with Crippen molar-refractivity contribution in [2.24, 2.45) is 0 Å². The van der Waals surface area contributed by atoms with Crippen molar-refractivity contribution < 1.29 is 4.74 Å². The van der Waals surface area contributed by atoms with E-state index in [1.165, 1.54) is 0 Å². The lowest BCUT2D eigenvalue weighted by atomic mass is 10.2. The van der Waals surface area contributed by atoms with Gasteiger partial charge in [-0.3, -0.25) is 9.36 Å². The number of hydrogen-bond donors (Lipinski definition) is 0. The molecule has 0 fully saturated rings. The molecule has 2 aromatic carbocycles. The first-order valence-corrected chi connectivity index (χ1v) is 8.76. The Balaban J connectivity index is 1.65. The first kappa shape index (κ1) is 17.0. The van der Waals surface area contributed by atoms with Gasteiger partial charge in [0.05, 0.1) is 33.3 Å². The van der Waals surface area contributed by atoms with Crippen LogP contribution in [0.3, 0.4) is 0 Å². The van der Waals surface area contributed by atoms with Crippen molar-refractivity contribution >= 4 is 38.4 Å². The van der Waals surface area contributed by atoms with Gasteiger partial charge in [0.25, 0.3) is 5.56 Å². The van der Waals surface area contributed by atoms with Gasteiger partial charge in [0, 0.05) is 6.54 Å². The lowest BCUT2D eigenvalue weighted by Gasteiger charge is -2.11. The van der Waals surface area contributed by atoms with Crippen LogP contribution in [0.5, 0.6) is 5.75 Å². The fraction of sp³-hybridized carbons (Fsp3) is 0.222. The molecule has 24 heavy (non-hydrogen) atoms. The normalized spacial score (nSPS) is 11.0. The molecule has 0 N–H and O–H groups in total. The molecule has 0 atom stereocenters. The van der Waals surface area contributed by atoms with Gasteiger partial charge in [-0.15, -0.1) is 0 Å². The summed E-state index contributed by atoms with van der Waals surface area (Å²) in [6.45, 7) is 2.97. The number of nitrogens with zero attached hydrogens (tertiary/aromatic N) is 2. The van der Waals surface area contributed by atoms with Crippen molar-refractivity contribution in [3.05, 3.63) is 68.1 Å². The number of para-hydroxylation sites is 1. The molecule has 0 radical (unpaired) electrons. The van der Waals surface area contributed by atoms with Crippen molar-refractivity contribution in [3.8, 4) is 5.75 Å². The summed E-state index contributed by atoms with van der Waals surface area (Å²) in [4.78, 5) is 16.7. The minimum absolute atomic E-state index is 0.0323. The van der Waals surface area contributed by atoms with Gasteiger partial charge in [-0.05, 0) is 59.1 Å². The van der Waals surface area contributed by atoms with Crippen LogP contribution in [-0.2, 0) is 6.54 Å². The average Bonchev–Trinajstić information content (AvgIpc) is 2.55. The molecule has 3 aromatic rings. The zero-order valence-corrected chi connectivity index (χ0v) is 15.5. The molecule has 0 bridgehead atoms. The molecule has 0 aliphatic rings. The van der Waals surface area contributed by atoms with Gasteiger partial charge in [0.2, 0.25) is 0 Å². The number of fused-ring (bicyclic) bond motifs is 1. The van der Waals surface area contributed by atoms with E-state index in [-0.39, 0.29) is 5.56 Å². The Bertz CT molecular complexity index is 917. The summed E-state index contributed by atoms with van der Waals surface area (Å²) in [5.74, 6) is 0.631. The number of ether oxygens (including phenoxy) is 1. The molecular weight excluding hydrogens is 392 g/mol. The number of aryl methyl sites for hydroxylation is 2. The van der Waals surface area contributed by atoms with Crippen LogP contribution >= 0.6 is 27.5 Å². The van der Waals surface area contributed by atoms with E-state index in [4.69, 9.17) is 16.3 Å². The van der Waals surface area contributed by atoms with E-state index in [1.807, 2.05) is 37.3 Å². The Kier molecular flexibility index (Phi) is 5.21.